The molecule has 0 saturated heterocycles. The van der Waals surface area contributed by atoms with Crippen LogP contribution >= 0.6 is 0 Å². The molecule has 1 rings (SSSR count). The molecule has 0 bridgehead atoms. The number of hydrogen-bond acceptors (Lipinski definition) is 3. The molecule has 0 N–H and O–H groups in total. The molecule has 0 amide bonds. The first-order valence-corrected chi connectivity index (χ1v) is 6.20. The zero-order valence-corrected chi connectivity index (χ0v) is 10.3. The molecule has 1 fully saturated rings. The highest BCUT2D eigenvalue weighted by Crippen LogP contribution is 2.44. The van der Waals surface area contributed by atoms with Gasteiger partial charge in [0.2, 0.25) is 0 Å². The summed E-state index contributed by atoms with van der Waals surface area (Å²) in [6.07, 6.45) is 6.53. The van der Waals surface area contributed by atoms with Gasteiger partial charge in [-0.05, 0) is 30.6 Å². The van der Waals surface area contributed by atoms with Gasteiger partial charge in [-0.1, -0.05) is 19.8 Å². The molecule has 16 heavy (non-hydrogen) atoms. The molecule has 92 valence electrons. The number of ether oxygens (including phenoxy) is 1. The molecule has 3 nitrogen and oxygen atoms in total. The Bertz CT molecular complexity index is 237. The average molecular weight is 226 g/mol. The maximum atomic E-state index is 10.6. The third-order valence-electron chi connectivity index (χ3n) is 3.31. The van der Waals surface area contributed by atoms with Crippen molar-refractivity contribution in [1.29, 1.82) is 0 Å². The van der Waals surface area contributed by atoms with Crippen LogP contribution in [0.15, 0.2) is 0 Å². The summed E-state index contributed by atoms with van der Waals surface area (Å²) in [7, 11) is 0. The average Bonchev–Trinajstić information content (AvgIpc) is 2.94. The van der Waals surface area contributed by atoms with Crippen LogP contribution in [0.25, 0.3) is 0 Å². The van der Waals surface area contributed by atoms with E-state index in [1.807, 2.05) is 0 Å². The molecule has 0 radical (unpaired) electrons. The largest absolute Gasteiger partial charge is 0.466 e. The van der Waals surface area contributed by atoms with Crippen molar-refractivity contribution in [3.63, 3.8) is 0 Å². The topological polar surface area (TPSA) is 43.4 Å². The summed E-state index contributed by atoms with van der Waals surface area (Å²) in [5, 5.41) is 0. The molecule has 3 atom stereocenters. The normalized spacial score (nSPS) is 24.9. The predicted octanol–water partition coefficient (Wildman–Crippen LogP) is 2.58. The van der Waals surface area contributed by atoms with E-state index >= 15 is 0 Å². The first-order valence-electron chi connectivity index (χ1n) is 6.20. The number of rotatable bonds is 8. The van der Waals surface area contributed by atoms with E-state index in [2.05, 4.69) is 6.92 Å². The van der Waals surface area contributed by atoms with E-state index in [1.54, 1.807) is 0 Å². The van der Waals surface area contributed by atoms with Gasteiger partial charge in [-0.2, -0.15) is 0 Å². The predicted molar refractivity (Wildman–Crippen MR) is 61.9 cm³/mol. The lowest BCUT2D eigenvalue weighted by Crippen LogP contribution is -2.09. The van der Waals surface area contributed by atoms with Gasteiger partial charge in [-0.3, -0.25) is 4.79 Å². The second-order valence-corrected chi connectivity index (χ2v) is 5.00. The van der Waals surface area contributed by atoms with Gasteiger partial charge in [-0.25, -0.2) is 0 Å². The van der Waals surface area contributed by atoms with E-state index in [-0.39, 0.29) is 5.97 Å². The third-order valence-corrected chi connectivity index (χ3v) is 3.31. The zero-order chi connectivity index (χ0) is 12.0. The van der Waals surface area contributed by atoms with Gasteiger partial charge in [0.25, 0.3) is 0 Å². The molecule has 0 aromatic carbocycles. The quantitative estimate of drug-likeness (QED) is 0.472. The van der Waals surface area contributed by atoms with Gasteiger partial charge in [0.05, 0.1) is 6.61 Å². The molecule has 0 unspecified atom stereocenters. The maximum absolute atomic E-state index is 10.6. The Morgan fingerprint density at radius 2 is 2.25 bits per heavy atom. The number of hydrogen-bond donors (Lipinski definition) is 0. The SMILES string of the molecule is CC(=O)OC[C@@H](C)CCC[C@H]1C[C@H]1CC=O. The fourth-order valence-electron chi connectivity index (χ4n) is 2.15. The van der Waals surface area contributed by atoms with Crippen LogP contribution < -0.4 is 0 Å². The molecule has 1 saturated carbocycles. The van der Waals surface area contributed by atoms with Gasteiger partial charge in [0.1, 0.15) is 6.29 Å². The van der Waals surface area contributed by atoms with Gasteiger partial charge in [0.15, 0.2) is 0 Å². The monoisotopic (exact) mass is 226 g/mol. The van der Waals surface area contributed by atoms with Crippen LogP contribution in [0.4, 0.5) is 0 Å². The minimum absolute atomic E-state index is 0.194. The Morgan fingerprint density at radius 3 is 2.88 bits per heavy atom. The minimum Gasteiger partial charge on any atom is -0.466 e. The van der Waals surface area contributed by atoms with Crippen LogP contribution in [0.1, 0.15) is 46.0 Å². The fourth-order valence-corrected chi connectivity index (χ4v) is 2.15. The smallest absolute Gasteiger partial charge is 0.302 e. The van der Waals surface area contributed by atoms with E-state index in [0.717, 1.165) is 25.0 Å². The van der Waals surface area contributed by atoms with Crippen molar-refractivity contribution >= 4 is 12.3 Å². The summed E-state index contributed by atoms with van der Waals surface area (Å²) in [5.74, 6) is 1.71. The molecular formula is C13H22O3. The van der Waals surface area contributed by atoms with E-state index in [9.17, 15) is 9.59 Å². The number of aldehydes is 1. The Hall–Kier alpha value is -0.860. The van der Waals surface area contributed by atoms with Crippen LogP contribution in [-0.4, -0.2) is 18.9 Å². The van der Waals surface area contributed by atoms with E-state index in [1.165, 1.54) is 26.2 Å². The molecule has 0 aromatic heterocycles. The standard InChI is InChI=1S/C13H22O3/c1-10(9-16-11(2)15)4-3-5-12-8-13(12)6-7-14/h7,10,12-13H,3-6,8-9H2,1-2H3/t10-,12-,13+/m0/s1. The summed E-state index contributed by atoms with van der Waals surface area (Å²) < 4.78 is 4.95. The van der Waals surface area contributed by atoms with E-state index in [0.29, 0.717) is 18.4 Å². The first kappa shape index (κ1) is 13.2. The van der Waals surface area contributed by atoms with Crippen molar-refractivity contribution in [2.75, 3.05) is 6.61 Å². The molecular weight excluding hydrogens is 204 g/mol. The second-order valence-electron chi connectivity index (χ2n) is 5.00. The minimum atomic E-state index is -0.194. The van der Waals surface area contributed by atoms with Crippen LogP contribution in [0.2, 0.25) is 0 Å². The molecule has 0 heterocycles. The van der Waals surface area contributed by atoms with Gasteiger partial charge in [-0.15, -0.1) is 0 Å². The zero-order valence-electron chi connectivity index (χ0n) is 10.3. The van der Waals surface area contributed by atoms with Crippen molar-refractivity contribution < 1.29 is 14.3 Å². The van der Waals surface area contributed by atoms with Gasteiger partial charge < -0.3 is 9.53 Å². The summed E-state index contributed by atoms with van der Waals surface area (Å²) in [4.78, 5) is 20.9. The van der Waals surface area contributed by atoms with Crippen LogP contribution in [-0.2, 0) is 14.3 Å². The van der Waals surface area contributed by atoms with Crippen molar-refractivity contribution in [2.45, 2.75) is 46.0 Å². The lowest BCUT2D eigenvalue weighted by atomic mass is 10.0. The fraction of sp³-hybridized carbons (Fsp3) is 0.846. The van der Waals surface area contributed by atoms with Crippen LogP contribution in [0, 0.1) is 17.8 Å². The molecule has 0 spiro atoms. The Labute approximate surface area is 97.5 Å². The molecule has 0 aromatic rings. The van der Waals surface area contributed by atoms with Crippen molar-refractivity contribution in [1.82, 2.24) is 0 Å². The number of carbonyl (C=O) groups excluding carboxylic acids is 2. The Morgan fingerprint density at radius 1 is 1.50 bits per heavy atom. The number of carbonyl (C=O) groups is 2. The van der Waals surface area contributed by atoms with Gasteiger partial charge in [0, 0.05) is 13.3 Å². The van der Waals surface area contributed by atoms with Gasteiger partial charge >= 0.3 is 5.97 Å². The van der Waals surface area contributed by atoms with E-state index < -0.39 is 0 Å². The van der Waals surface area contributed by atoms with Crippen molar-refractivity contribution in [2.24, 2.45) is 17.8 Å². The summed E-state index contributed by atoms with van der Waals surface area (Å²) in [6, 6.07) is 0. The van der Waals surface area contributed by atoms with Crippen LogP contribution in [0.5, 0.6) is 0 Å². The molecule has 3 heteroatoms. The van der Waals surface area contributed by atoms with E-state index in [4.69, 9.17) is 4.74 Å². The summed E-state index contributed by atoms with van der Waals surface area (Å²) in [6.45, 7) is 4.09. The van der Waals surface area contributed by atoms with Crippen molar-refractivity contribution in [3.8, 4) is 0 Å². The highest BCUT2D eigenvalue weighted by molar-refractivity contribution is 5.65. The summed E-state index contributed by atoms with van der Waals surface area (Å²) >= 11 is 0. The summed E-state index contributed by atoms with van der Waals surface area (Å²) in [5.41, 5.74) is 0. The molecule has 1 aliphatic carbocycles. The van der Waals surface area contributed by atoms with Crippen LogP contribution in [0.3, 0.4) is 0 Å². The third kappa shape index (κ3) is 5.29. The Kier molecular flexibility index (Phi) is 5.50. The highest BCUT2D eigenvalue weighted by Gasteiger charge is 2.35. The number of esters is 1. The lowest BCUT2D eigenvalue weighted by Gasteiger charge is -2.10. The molecule has 1 aliphatic rings. The lowest BCUT2D eigenvalue weighted by molar-refractivity contribution is -0.142. The first-order chi connectivity index (χ1) is 7.63. The highest BCUT2D eigenvalue weighted by atomic mass is 16.5. The van der Waals surface area contributed by atoms with Crippen molar-refractivity contribution in [3.05, 3.63) is 0 Å². The molecule has 0 aliphatic heterocycles. The maximum Gasteiger partial charge on any atom is 0.302 e. The Balaban J connectivity index is 1.95. The second kappa shape index (κ2) is 6.66.